The first kappa shape index (κ1) is 20.4. The number of ether oxygens (including phenoxy) is 1. The van der Waals surface area contributed by atoms with Crippen LogP contribution in [0, 0.1) is 5.92 Å². The topological polar surface area (TPSA) is 66.9 Å². The van der Waals surface area contributed by atoms with E-state index in [1.54, 1.807) is 36.2 Å². The van der Waals surface area contributed by atoms with Crippen LogP contribution >= 0.6 is 0 Å². The molecule has 0 unspecified atom stereocenters. The van der Waals surface area contributed by atoms with Crippen LogP contribution in [-0.2, 0) is 14.8 Å². The predicted molar refractivity (Wildman–Crippen MR) is 109 cm³/mol. The monoisotopic (exact) mass is 402 g/mol. The van der Waals surface area contributed by atoms with E-state index >= 15 is 0 Å². The third kappa shape index (κ3) is 4.36. The molecule has 28 heavy (non-hydrogen) atoms. The van der Waals surface area contributed by atoms with Gasteiger partial charge in [0, 0.05) is 31.7 Å². The summed E-state index contributed by atoms with van der Waals surface area (Å²) in [6.07, 6.45) is 1.04. The number of hydrogen-bond donors (Lipinski definition) is 0. The summed E-state index contributed by atoms with van der Waals surface area (Å²) >= 11 is 0. The van der Waals surface area contributed by atoms with Gasteiger partial charge in [-0.3, -0.25) is 4.79 Å². The molecule has 1 aliphatic heterocycles. The lowest BCUT2D eigenvalue weighted by atomic mass is 9.96. The average molecular weight is 403 g/mol. The van der Waals surface area contributed by atoms with Crippen molar-refractivity contribution in [3.8, 4) is 5.75 Å². The third-order valence-corrected chi connectivity index (χ3v) is 6.96. The molecule has 1 saturated heterocycles. The number of carbonyl (C=O) groups excluding carboxylic acids is 1. The molecule has 1 amide bonds. The van der Waals surface area contributed by atoms with E-state index in [1.807, 2.05) is 37.3 Å². The van der Waals surface area contributed by atoms with Gasteiger partial charge in [0.15, 0.2) is 0 Å². The van der Waals surface area contributed by atoms with Gasteiger partial charge in [-0.15, -0.1) is 0 Å². The number of hydrogen-bond acceptors (Lipinski definition) is 4. The number of benzene rings is 2. The first-order valence-electron chi connectivity index (χ1n) is 9.49. The van der Waals surface area contributed by atoms with Crippen molar-refractivity contribution in [2.24, 2.45) is 5.92 Å². The maximum absolute atomic E-state index is 12.9. The van der Waals surface area contributed by atoms with Crippen molar-refractivity contribution in [2.75, 3.05) is 31.6 Å². The van der Waals surface area contributed by atoms with Crippen molar-refractivity contribution >= 4 is 21.6 Å². The van der Waals surface area contributed by atoms with Gasteiger partial charge in [-0.05, 0) is 56.2 Å². The number of nitrogens with zero attached hydrogens (tertiary/aromatic N) is 2. The molecule has 0 saturated carbocycles. The Hall–Kier alpha value is -2.38. The Morgan fingerprint density at radius 2 is 1.68 bits per heavy atom. The largest absolute Gasteiger partial charge is 0.494 e. The van der Waals surface area contributed by atoms with E-state index in [4.69, 9.17) is 4.74 Å². The molecule has 7 heteroatoms. The van der Waals surface area contributed by atoms with Gasteiger partial charge in [0.2, 0.25) is 15.9 Å². The van der Waals surface area contributed by atoms with E-state index in [0.29, 0.717) is 38.3 Å². The normalized spacial score (nSPS) is 15.9. The molecule has 150 valence electrons. The van der Waals surface area contributed by atoms with Crippen LogP contribution in [0.15, 0.2) is 59.5 Å². The van der Waals surface area contributed by atoms with E-state index in [1.165, 1.54) is 4.31 Å². The number of anilines is 1. The van der Waals surface area contributed by atoms with Crippen LogP contribution < -0.4 is 9.64 Å². The molecule has 0 aromatic heterocycles. The Morgan fingerprint density at radius 1 is 1.07 bits per heavy atom. The third-order valence-electron chi connectivity index (χ3n) is 5.05. The molecular formula is C21H26N2O4S. The highest BCUT2D eigenvalue weighted by molar-refractivity contribution is 7.89. The molecule has 6 nitrogen and oxygen atoms in total. The zero-order valence-electron chi connectivity index (χ0n) is 16.2. The van der Waals surface area contributed by atoms with Crippen LogP contribution in [0.1, 0.15) is 19.8 Å². The summed E-state index contributed by atoms with van der Waals surface area (Å²) < 4.78 is 32.6. The summed E-state index contributed by atoms with van der Waals surface area (Å²) in [5.41, 5.74) is 0.844. The second kappa shape index (κ2) is 8.75. The molecule has 3 rings (SSSR count). The number of para-hydroxylation sites is 1. The van der Waals surface area contributed by atoms with Gasteiger partial charge in [-0.2, -0.15) is 4.31 Å². The highest BCUT2D eigenvalue weighted by Crippen LogP contribution is 2.27. The van der Waals surface area contributed by atoms with E-state index in [-0.39, 0.29) is 16.7 Å². The first-order chi connectivity index (χ1) is 13.4. The number of piperidine rings is 1. The fraction of sp³-hybridized carbons (Fsp3) is 0.381. The SMILES string of the molecule is CCOc1ccc(S(=O)(=O)N2CCC(C(=O)N(C)c3ccccc3)CC2)cc1. The Labute approximate surface area is 166 Å². The minimum Gasteiger partial charge on any atom is -0.494 e. The van der Waals surface area contributed by atoms with Crippen LogP contribution in [0.25, 0.3) is 0 Å². The van der Waals surface area contributed by atoms with Crippen molar-refractivity contribution in [3.05, 3.63) is 54.6 Å². The van der Waals surface area contributed by atoms with Gasteiger partial charge in [0.1, 0.15) is 5.75 Å². The van der Waals surface area contributed by atoms with Crippen LogP contribution in [0.2, 0.25) is 0 Å². The van der Waals surface area contributed by atoms with E-state index in [0.717, 1.165) is 5.69 Å². The quantitative estimate of drug-likeness (QED) is 0.744. The molecule has 2 aromatic rings. The molecule has 0 atom stereocenters. The lowest BCUT2D eigenvalue weighted by Gasteiger charge is -2.32. The van der Waals surface area contributed by atoms with Gasteiger partial charge < -0.3 is 9.64 Å². The highest BCUT2D eigenvalue weighted by Gasteiger charge is 2.33. The number of amides is 1. The first-order valence-corrected chi connectivity index (χ1v) is 10.9. The number of rotatable bonds is 6. The molecule has 1 aliphatic rings. The summed E-state index contributed by atoms with van der Waals surface area (Å²) in [6.45, 7) is 3.10. The smallest absolute Gasteiger partial charge is 0.243 e. The van der Waals surface area contributed by atoms with Crippen molar-refractivity contribution < 1.29 is 17.9 Å². The molecule has 0 N–H and O–H groups in total. The second-order valence-electron chi connectivity index (χ2n) is 6.82. The minimum absolute atomic E-state index is 0.0318. The van der Waals surface area contributed by atoms with Crippen LogP contribution in [0.3, 0.4) is 0 Å². The highest BCUT2D eigenvalue weighted by atomic mass is 32.2. The van der Waals surface area contributed by atoms with Crippen LogP contribution in [-0.4, -0.2) is 45.4 Å². The van der Waals surface area contributed by atoms with E-state index in [9.17, 15) is 13.2 Å². The Morgan fingerprint density at radius 3 is 2.25 bits per heavy atom. The molecule has 2 aromatic carbocycles. The zero-order valence-corrected chi connectivity index (χ0v) is 17.1. The second-order valence-corrected chi connectivity index (χ2v) is 8.75. The van der Waals surface area contributed by atoms with Gasteiger partial charge >= 0.3 is 0 Å². The molecular weight excluding hydrogens is 376 g/mol. The standard InChI is InChI=1S/C21H26N2O4S/c1-3-27-19-9-11-20(12-10-19)28(25,26)23-15-13-17(14-16-23)21(24)22(2)18-7-5-4-6-8-18/h4-12,17H,3,13-16H2,1-2H3. The summed E-state index contributed by atoms with van der Waals surface area (Å²) in [4.78, 5) is 14.7. The fourth-order valence-corrected chi connectivity index (χ4v) is 4.89. The van der Waals surface area contributed by atoms with Gasteiger partial charge in [-0.25, -0.2) is 8.42 Å². The van der Waals surface area contributed by atoms with Crippen LogP contribution in [0.4, 0.5) is 5.69 Å². The molecule has 0 aliphatic carbocycles. The summed E-state index contributed by atoms with van der Waals surface area (Å²) in [5, 5.41) is 0. The van der Waals surface area contributed by atoms with Crippen molar-refractivity contribution in [3.63, 3.8) is 0 Å². The Bertz CT molecular complexity index is 890. The number of carbonyl (C=O) groups is 1. The molecule has 0 spiro atoms. The van der Waals surface area contributed by atoms with Crippen molar-refractivity contribution in [1.82, 2.24) is 4.31 Å². The van der Waals surface area contributed by atoms with E-state index < -0.39 is 10.0 Å². The lowest BCUT2D eigenvalue weighted by Crippen LogP contribution is -2.43. The van der Waals surface area contributed by atoms with Crippen LogP contribution in [0.5, 0.6) is 5.75 Å². The van der Waals surface area contributed by atoms with Gasteiger partial charge in [-0.1, -0.05) is 18.2 Å². The Kier molecular flexibility index (Phi) is 6.36. The maximum atomic E-state index is 12.9. The maximum Gasteiger partial charge on any atom is 0.243 e. The minimum atomic E-state index is -3.56. The van der Waals surface area contributed by atoms with Crippen molar-refractivity contribution in [2.45, 2.75) is 24.7 Å². The number of sulfonamides is 1. The van der Waals surface area contributed by atoms with Crippen molar-refractivity contribution in [1.29, 1.82) is 0 Å². The molecule has 0 bridgehead atoms. The summed E-state index contributed by atoms with van der Waals surface area (Å²) in [5.74, 6) is 0.510. The van der Waals surface area contributed by atoms with Gasteiger partial charge in [0.05, 0.1) is 11.5 Å². The zero-order chi connectivity index (χ0) is 20.1. The lowest BCUT2D eigenvalue weighted by molar-refractivity contribution is -0.123. The predicted octanol–water partition coefficient (Wildman–Crippen LogP) is 3.15. The van der Waals surface area contributed by atoms with E-state index in [2.05, 4.69) is 0 Å². The molecule has 0 radical (unpaired) electrons. The molecule has 1 heterocycles. The Balaban J connectivity index is 1.63. The summed E-state index contributed by atoms with van der Waals surface area (Å²) in [7, 11) is -1.80. The molecule has 1 fully saturated rings. The average Bonchev–Trinajstić information content (AvgIpc) is 2.74. The fourth-order valence-electron chi connectivity index (χ4n) is 3.42. The van der Waals surface area contributed by atoms with Gasteiger partial charge in [0.25, 0.3) is 0 Å². The summed E-state index contributed by atoms with van der Waals surface area (Å²) in [6, 6.07) is 16.0.